The first kappa shape index (κ1) is 21.8. The largest absolute Gasteiger partial charge is 0.391 e. The number of benzene rings is 1. The van der Waals surface area contributed by atoms with E-state index in [9.17, 15) is 27.6 Å². The summed E-state index contributed by atoms with van der Waals surface area (Å²) in [7, 11) is 0. The molecule has 3 aliphatic heterocycles. The Bertz CT molecular complexity index is 904. The van der Waals surface area contributed by atoms with Crippen molar-refractivity contribution < 1.29 is 27.6 Å². The minimum Gasteiger partial charge on any atom is -0.329 e. The van der Waals surface area contributed by atoms with Gasteiger partial charge >= 0.3 is 6.18 Å². The fourth-order valence-corrected chi connectivity index (χ4v) is 4.89. The van der Waals surface area contributed by atoms with E-state index in [1.807, 2.05) is 17.0 Å². The van der Waals surface area contributed by atoms with Gasteiger partial charge in [-0.25, -0.2) is 0 Å². The number of alkyl halides is 3. The van der Waals surface area contributed by atoms with Crippen LogP contribution < -0.4 is 11.1 Å². The number of fused-ring (bicyclic) bond motifs is 1. The summed E-state index contributed by atoms with van der Waals surface area (Å²) in [5.41, 5.74) is 7.79. The molecule has 10 heteroatoms. The van der Waals surface area contributed by atoms with Gasteiger partial charge in [-0.05, 0) is 36.9 Å². The highest BCUT2D eigenvalue weighted by Gasteiger charge is 2.44. The monoisotopic (exact) mass is 438 g/mol. The number of hydrogen-bond donors (Lipinski definition) is 2. The molecule has 0 aliphatic carbocycles. The Balaban J connectivity index is 1.52. The van der Waals surface area contributed by atoms with Crippen LogP contribution >= 0.6 is 0 Å². The minimum atomic E-state index is -4.23. The third kappa shape index (κ3) is 4.18. The van der Waals surface area contributed by atoms with E-state index >= 15 is 0 Å². The summed E-state index contributed by atoms with van der Waals surface area (Å²) in [6.45, 7) is 0.952. The summed E-state index contributed by atoms with van der Waals surface area (Å²) < 4.78 is 39.4. The fourth-order valence-electron chi connectivity index (χ4n) is 4.89. The molecule has 3 N–H and O–H groups in total. The number of nitrogens with two attached hydrogens (primary N) is 1. The zero-order chi connectivity index (χ0) is 22.3. The number of carbonyl (C=O) groups excluding carboxylic acids is 3. The first-order valence-corrected chi connectivity index (χ1v) is 10.4. The molecule has 7 nitrogen and oxygen atoms in total. The molecule has 2 fully saturated rings. The maximum absolute atomic E-state index is 13.2. The van der Waals surface area contributed by atoms with Crippen molar-refractivity contribution in [3.63, 3.8) is 0 Å². The molecule has 0 bridgehead atoms. The van der Waals surface area contributed by atoms with Crippen molar-refractivity contribution in [2.45, 2.75) is 57.0 Å². The van der Waals surface area contributed by atoms with Gasteiger partial charge in [0.05, 0.1) is 5.92 Å². The van der Waals surface area contributed by atoms with Crippen LogP contribution in [0, 0.1) is 5.92 Å². The topological polar surface area (TPSA) is 95.7 Å². The normalized spacial score (nSPS) is 27.4. The van der Waals surface area contributed by atoms with Crippen molar-refractivity contribution in [3.05, 3.63) is 34.9 Å². The molecule has 2 saturated heterocycles. The highest BCUT2D eigenvalue weighted by Crippen LogP contribution is 2.37. The van der Waals surface area contributed by atoms with E-state index in [-0.39, 0.29) is 57.1 Å². The molecular formula is C21H25F3N4O3. The third-order valence-corrected chi connectivity index (χ3v) is 6.58. The zero-order valence-corrected chi connectivity index (χ0v) is 17.0. The molecule has 3 atom stereocenters. The number of amides is 3. The molecule has 0 saturated carbocycles. The molecule has 1 aromatic carbocycles. The van der Waals surface area contributed by atoms with Gasteiger partial charge in [-0.1, -0.05) is 18.2 Å². The van der Waals surface area contributed by atoms with Gasteiger partial charge in [0.2, 0.25) is 11.8 Å². The third-order valence-electron chi connectivity index (χ3n) is 6.58. The van der Waals surface area contributed by atoms with E-state index in [0.29, 0.717) is 12.1 Å². The number of hydrogen-bond acceptors (Lipinski definition) is 5. The van der Waals surface area contributed by atoms with Crippen LogP contribution in [0.15, 0.2) is 18.2 Å². The average Bonchev–Trinajstić information content (AvgIpc) is 3.05. The standard InChI is InChI=1S/C21H25F3N4O3/c22-21(23,24)14-6-7-27(15(8-14)9-25)10-12-2-1-3-13-11-28(20(31)18(12)13)16-4-5-17(29)26-19(16)30/h1-3,14-16H,4-11,25H2,(H,26,29,30)/t14-,15+,16?/m1/s1. The SMILES string of the molecule is NC[C@@H]1C[C@H](C(F)(F)F)CCN1Cc1cccc2c1C(=O)N(C1CCC(=O)NC1=O)C2. The smallest absolute Gasteiger partial charge is 0.329 e. The second kappa shape index (κ2) is 8.23. The summed E-state index contributed by atoms with van der Waals surface area (Å²) in [5, 5.41) is 2.28. The fraction of sp³-hybridized carbons (Fsp3) is 0.571. The van der Waals surface area contributed by atoms with E-state index in [4.69, 9.17) is 5.73 Å². The van der Waals surface area contributed by atoms with Crippen LogP contribution in [0.4, 0.5) is 13.2 Å². The van der Waals surface area contributed by atoms with Crippen molar-refractivity contribution in [2.24, 2.45) is 11.7 Å². The molecule has 3 amide bonds. The number of halogens is 3. The van der Waals surface area contributed by atoms with E-state index in [0.717, 1.165) is 11.1 Å². The summed E-state index contributed by atoms with van der Waals surface area (Å²) in [6.07, 6.45) is -3.82. The van der Waals surface area contributed by atoms with E-state index in [1.165, 1.54) is 4.90 Å². The van der Waals surface area contributed by atoms with Crippen molar-refractivity contribution >= 4 is 17.7 Å². The first-order chi connectivity index (χ1) is 14.7. The maximum Gasteiger partial charge on any atom is 0.391 e. The Morgan fingerprint density at radius 3 is 2.61 bits per heavy atom. The second-order valence-electron chi connectivity index (χ2n) is 8.47. The Labute approximate surface area is 177 Å². The summed E-state index contributed by atoms with van der Waals surface area (Å²) >= 11 is 0. The van der Waals surface area contributed by atoms with Crippen molar-refractivity contribution in [1.82, 2.24) is 15.1 Å². The van der Waals surface area contributed by atoms with Gasteiger partial charge in [0, 0.05) is 37.7 Å². The molecule has 31 heavy (non-hydrogen) atoms. The quantitative estimate of drug-likeness (QED) is 0.696. The second-order valence-corrected chi connectivity index (χ2v) is 8.47. The Morgan fingerprint density at radius 1 is 1.16 bits per heavy atom. The summed E-state index contributed by atoms with van der Waals surface area (Å²) in [6, 6.07) is 4.31. The van der Waals surface area contributed by atoms with E-state index < -0.39 is 30.1 Å². The van der Waals surface area contributed by atoms with Gasteiger partial charge in [0.1, 0.15) is 6.04 Å². The molecule has 0 radical (unpaired) electrons. The lowest BCUT2D eigenvalue weighted by atomic mass is 9.89. The molecule has 168 valence electrons. The van der Waals surface area contributed by atoms with Crippen LogP contribution in [0.3, 0.4) is 0 Å². The van der Waals surface area contributed by atoms with Crippen LogP contribution in [0.1, 0.15) is 47.2 Å². The number of imide groups is 1. The lowest BCUT2D eigenvalue weighted by molar-refractivity contribution is -0.189. The maximum atomic E-state index is 13.2. The molecule has 0 aromatic heterocycles. The molecule has 3 aliphatic rings. The van der Waals surface area contributed by atoms with Gasteiger partial charge in [-0.2, -0.15) is 13.2 Å². The molecular weight excluding hydrogens is 413 g/mol. The molecule has 1 unspecified atom stereocenters. The van der Waals surface area contributed by atoms with E-state index in [2.05, 4.69) is 5.32 Å². The lowest BCUT2D eigenvalue weighted by Gasteiger charge is -2.39. The number of rotatable bonds is 4. The lowest BCUT2D eigenvalue weighted by Crippen LogP contribution is -2.52. The predicted octanol–water partition coefficient (Wildman–Crippen LogP) is 1.55. The zero-order valence-electron chi connectivity index (χ0n) is 17.0. The van der Waals surface area contributed by atoms with Crippen LogP contribution in [0.2, 0.25) is 0 Å². The summed E-state index contributed by atoms with van der Waals surface area (Å²) in [4.78, 5) is 40.3. The van der Waals surface area contributed by atoms with Crippen LogP contribution in [0.25, 0.3) is 0 Å². The Morgan fingerprint density at radius 2 is 1.94 bits per heavy atom. The van der Waals surface area contributed by atoms with Crippen molar-refractivity contribution in [1.29, 1.82) is 0 Å². The minimum absolute atomic E-state index is 0.00533. The van der Waals surface area contributed by atoms with Gasteiger partial charge in [-0.15, -0.1) is 0 Å². The first-order valence-electron chi connectivity index (χ1n) is 10.4. The Kier molecular flexibility index (Phi) is 5.78. The van der Waals surface area contributed by atoms with Crippen molar-refractivity contribution in [2.75, 3.05) is 13.1 Å². The predicted molar refractivity (Wildman–Crippen MR) is 105 cm³/mol. The number of likely N-dealkylation sites (tertiary alicyclic amines) is 1. The van der Waals surface area contributed by atoms with Crippen LogP contribution in [-0.2, 0) is 22.7 Å². The number of carbonyl (C=O) groups is 3. The van der Waals surface area contributed by atoms with E-state index in [1.54, 1.807) is 6.07 Å². The van der Waals surface area contributed by atoms with Crippen LogP contribution in [0.5, 0.6) is 0 Å². The van der Waals surface area contributed by atoms with Crippen molar-refractivity contribution in [3.8, 4) is 0 Å². The molecule has 0 spiro atoms. The number of nitrogens with zero attached hydrogens (tertiary/aromatic N) is 2. The molecule has 3 heterocycles. The number of piperidine rings is 2. The molecule has 1 aromatic rings. The molecule has 4 rings (SSSR count). The van der Waals surface area contributed by atoms with Gasteiger partial charge in [0.25, 0.3) is 5.91 Å². The Hall–Kier alpha value is -2.46. The van der Waals surface area contributed by atoms with Crippen LogP contribution in [-0.4, -0.2) is 58.9 Å². The van der Waals surface area contributed by atoms with Gasteiger partial charge in [0.15, 0.2) is 0 Å². The summed E-state index contributed by atoms with van der Waals surface area (Å²) in [5.74, 6) is -2.46. The number of nitrogens with one attached hydrogen (secondary N) is 1. The average molecular weight is 438 g/mol. The van der Waals surface area contributed by atoms with Gasteiger partial charge in [-0.3, -0.25) is 24.6 Å². The highest BCUT2D eigenvalue weighted by molar-refractivity contribution is 6.05. The van der Waals surface area contributed by atoms with Gasteiger partial charge < -0.3 is 10.6 Å². The highest BCUT2D eigenvalue weighted by atomic mass is 19.4.